The summed E-state index contributed by atoms with van der Waals surface area (Å²) in [6.45, 7) is 5.45. The Morgan fingerprint density at radius 2 is 2.13 bits per heavy atom. The molecule has 0 aliphatic carbocycles. The van der Waals surface area contributed by atoms with E-state index in [0.717, 1.165) is 18.1 Å². The summed E-state index contributed by atoms with van der Waals surface area (Å²) in [6, 6.07) is 0.456. The van der Waals surface area contributed by atoms with Gasteiger partial charge < -0.3 is 4.90 Å². The Hall–Kier alpha value is -0.480. The fraction of sp³-hybridized carbons (Fsp3) is 0.600. The molecule has 0 aromatic carbocycles. The van der Waals surface area contributed by atoms with Crippen molar-refractivity contribution in [3.8, 4) is 0 Å². The van der Waals surface area contributed by atoms with Gasteiger partial charge in [0.25, 0.3) is 0 Å². The average molecular weight is 244 g/mol. The molecule has 1 aliphatic heterocycles. The predicted octanol–water partition coefficient (Wildman–Crippen LogP) is 2.46. The molecule has 0 bridgehead atoms. The van der Waals surface area contributed by atoms with E-state index in [1.807, 2.05) is 11.8 Å². The van der Waals surface area contributed by atoms with Gasteiger partial charge in [-0.2, -0.15) is 11.8 Å². The molecule has 0 amide bonds. The van der Waals surface area contributed by atoms with E-state index >= 15 is 0 Å². The number of hydrogen-bond donors (Lipinski definition) is 0. The molecule has 1 saturated heterocycles. The second-order valence-corrected chi connectivity index (χ2v) is 5.52. The largest absolute Gasteiger partial charge is 0.349 e. The molecule has 2 heterocycles. The summed E-state index contributed by atoms with van der Waals surface area (Å²) in [6.07, 6.45) is 3.32. The van der Waals surface area contributed by atoms with Gasteiger partial charge >= 0.3 is 0 Å². The van der Waals surface area contributed by atoms with E-state index in [2.05, 4.69) is 28.7 Å². The van der Waals surface area contributed by atoms with Crippen LogP contribution in [0.3, 0.4) is 0 Å². The van der Waals surface area contributed by atoms with Gasteiger partial charge in [0.15, 0.2) is 11.0 Å². The Morgan fingerprint density at radius 3 is 2.87 bits per heavy atom. The van der Waals surface area contributed by atoms with Crippen LogP contribution in [0.25, 0.3) is 0 Å². The van der Waals surface area contributed by atoms with Crippen molar-refractivity contribution in [3.05, 3.63) is 17.5 Å². The number of anilines is 1. The molecule has 1 aromatic heterocycles. The van der Waals surface area contributed by atoms with Crippen LogP contribution in [0.15, 0.2) is 12.4 Å². The quantitative estimate of drug-likeness (QED) is 0.758. The summed E-state index contributed by atoms with van der Waals surface area (Å²) in [5, 5.41) is 1.11. The predicted molar refractivity (Wildman–Crippen MR) is 65.8 cm³/mol. The molecule has 0 radical (unpaired) electrons. The first-order valence-electron chi connectivity index (χ1n) is 5.05. The topological polar surface area (TPSA) is 29.0 Å². The van der Waals surface area contributed by atoms with E-state index < -0.39 is 0 Å². The van der Waals surface area contributed by atoms with Gasteiger partial charge in [0.05, 0.1) is 0 Å². The molecule has 3 nitrogen and oxygen atoms in total. The second kappa shape index (κ2) is 4.58. The van der Waals surface area contributed by atoms with Gasteiger partial charge in [0, 0.05) is 36.0 Å². The summed E-state index contributed by atoms with van der Waals surface area (Å²) >= 11 is 8.05. The van der Waals surface area contributed by atoms with Crippen molar-refractivity contribution in [2.75, 3.05) is 17.2 Å². The summed E-state index contributed by atoms with van der Waals surface area (Å²) in [4.78, 5) is 10.6. The van der Waals surface area contributed by atoms with E-state index in [-0.39, 0.29) is 0 Å². The number of thioether (sulfide) groups is 1. The van der Waals surface area contributed by atoms with E-state index in [0.29, 0.717) is 16.4 Å². The third kappa shape index (κ3) is 2.21. The van der Waals surface area contributed by atoms with Gasteiger partial charge in [0.1, 0.15) is 0 Å². The van der Waals surface area contributed by atoms with Gasteiger partial charge in [-0.3, -0.25) is 0 Å². The third-order valence-corrected chi connectivity index (χ3v) is 4.40. The van der Waals surface area contributed by atoms with E-state index in [4.69, 9.17) is 11.6 Å². The van der Waals surface area contributed by atoms with E-state index in [1.54, 1.807) is 12.4 Å². The van der Waals surface area contributed by atoms with Crippen LogP contribution in [0.5, 0.6) is 0 Å². The number of aromatic nitrogens is 2. The van der Waals surface area contributed by atoms with E-state index in [1.165, 1.54) is 0 Å². The molecule has 1 aliphatic rings. The number of halogens is 1. The smallest absolute Gasteiger partial charge is 0.171 e. The van der Waals surface area contributed by atoms with E-state index in [9.17, 15) is 0 Å². The molecular formula is C10H14ClN3S. The Balaban J connectivity index is 2.26. The Labute approximate surface area is 99.2 Å². The first-order chi connectivity index (χ1) is 7.20. The minimum Gasteiger partial charge on any atom is -0.349 e. The highest BCUT2D eigenvalue weighted by molar-refractivity contribution is 8.00. The molecule has 2 atom stereocenters. The summed E-state index contributed by atoms with van der Waals surface area (Å²) in [5.74, 6) is 1.94. The minimum atomic E-state index is 0.456. The standard InChI is InChI=1S/C10H14ClN3S/c1-7-8(2)15-6-5-14(7)10-9(11)12-3-4-13-10/h3-4,7-8H,5-6H2,1-2H3. The maximum absolute atomic E-state index is 6.05. The Morgan fingerprint density at radius 1 is 1.40 bits per heavy atom. The van der Waals surface area contributed by atoms with Crippen LogP contribution >= 0.6 is 23.4 Å². The molecule has 0 N–H and O–H groups in total. The first kappa shape index (κ1) is 11.0. The van der Waals surface area contributed by atoms with Crippen molar-refractivity contribution in [3.63, 3.8) is 0 Å². The number of nitrogens with zero attached hydrogens (tertiary/aromatic N) is 3. The van der Waals surface area contributed by atoms with Crippen molar-refractivity contribution in [1.82, 2.24) is 9.97 Å². The zero-order valence-electron chi connectivity index (χ0n) is 8.85. The first-order valence-corrected chi connectivity index (χ1v) is 6.47. The molecular weight excluding hydrogens is 230 g/mol. The van der Waals surface area contributed by atoms with Crippen LogP contribution in [-0.2, 0) is 0 Å². The number of rotatable bonds is 1. The molecule has 15 heavy (non-hydrogen) atoms. The fourth-order valence-electron chi connectivity index (χ4n) is 1.74. The van der Waals surface area contributed by atoms with Crippen molar-refractivity contribution in [2.24, 2.45) is 0 Å². The monoisotopic (exact) mass is 243 g/mol. The fourth-order valence-corrected chi connectivity index (χ4v) is 3.05. The lowest BCUT2D eigenvalue weighted by atomic mass is 10.2. The summed E-state index contributed by atoms with van der Waals surface area (Å²) in [5.41, 5.74) is 0. The van der Waals surface area contributed by atoms with Crippen LogP contribution in [0.1, 0.15) is 13.8 Å². The van der Waals surface area contributed by atoms with Crippen LogP contribution in [0.4, 0.5) is 5.82 Å². The summed E-state index contributed by atoms with van der Waals surface area (Å²) in [7, 11) is 0. The third-order valence-electron chi connectivity index (χ3n) is 2.79. The minimum absolute atomic E-state index is 0.456. The average Bonchev–Trinajstić information content (AvgIpc) is 2.23. The Kier molecular flexibility index (Phi) is 3.36. The molecule has 0 saturated carbocycles. The molecule has 82 valence electrons. The highest BCUT2D eigenvalue weighted by atomic mass is 35.5. The lowest BCUT2D eigenvalue weighted by Crippen LogP contribution is -2.45. The molecule has 1 aromatic rings. The number of hydrogen-bond acceptors (Lipinski definition) is 4. The molecule has 0 spiro atoms. The van der Waals surface area contributed by atoms with Gasteiger partial charge in [0.2, 0.25) is 0 Å². The SMILES string of the molecule is CC1SCCN(c2nccnc2Cl)C1C. The van der Waals surface area contributed by atoms with Crippen molar-refractivity contribution >= 4 is 29.2 Å². The zero-order valence-corrected chi connectivity index (χ0v) is 10.4. The lowest BCUT2D eigenvalue weighted by Gasteiger charge is -2.38. The summed E-state index contributed by atoms with van der Waals surface area (Å²) < 4.78 is 0. The van der Waals surface area contributed by atoms with Crippen molar-refractivity contribution in [2.45, 2.75) is 25.1 Å². The van der Waals surface area contributed by atoms with Crippen LogP contribution in [-0.4, -0.2) is 33.6 Å². The highest BCUT2D eigenvalue weighted by Crippen LogP contribution is 2.30. The van der Waals surface area contributed by atoms with Gasteiger partial charge in [-0.25, -0.2) is 9.97 Å². The maximum atomic E-state index is 6.05. The van der Waals surface area contributed by atoms with Crippen LogP contribution in [0, 0.1) is 0 Å². The van der Waals surface area contributed by atoms with Crippen molar-refractivity contribution in [1.29, 1.82) is 0 Å². The van der Waals surface area contributed by atoms with Gasteiger partial charge in [-0.05, 0) is 6.92 Å². The second-order valence-electron chi connectivity index (χ2n) is 3.68. The molecule has 2 unspecified atom stereocenters. The maximum Gasteiger partial charge on any atom is 0.171 e. The molecule has 1 fully saturated rings. The van der Waals surface area contributed by atoms with Crippen LogP contribution in [0.2, 0.25) is 5.15 Å². The van der Waals surface area contributed by atoms with Gasteiger partial charge in [-0.15, -0.1) is 0 Å². The zero-order chi connectivity index (χ0) is 10.8. The lowest BCUT2D eigenvalue weighted by molar-refractivity contribution is 0.619. The normalized spacial score (nSPS) is 26.7. The van der Waals surface area contributed by atoms with Crippen molar-refractivity contribution < 1.29 is 0 Å². The van der Waals surface area contributed by atoms with Crippen LogP contribution < -0.4 is 4.90 Å². The molecule has 5 heteroatoms. The highest BCUT2D eigenvalue weighted by Gasteiger charge is 2.27. The molecule has 2 rings (SSSR count). The van der Waals surface area contributed by atoms with Gasteiger partial charge in [-0.1, -0.05) is 18.5 Å². The Bertz CT molecular complexity index is 347.